The molecule has 0 fully saturated rings. The molecule has 2 aromatic rings. The van der Waals surface area contributed by atoms with Crippen LogP contribution in [0, 0.1) is 0 Å². The highest BCUT2D eigenvalue weighted by molar-refractivity contribution is 7.93. The molecule has 1 N–H and O–H groups in total. The highest BCUT2D eigenvalue weighted by atomic mass is 35.5. The Kier molecular flexibility index (Phi) is 2.27. The third-order valence-corrected chi connectivity index (χ3v) is 3.67. The second-order valence-electron chi connectivity index (χ2n) is 3.48. The summed E-state index contributed by atoms with van der Waals surface area (Å²) in [4.78, 5) is 11.1. The molecular weight excluding hydrogens is 262 g/mol. The second kappa shape index (κ2) is 3.68. The van der Waals surface area contributed by atoms with E-state index in [1.54, 1.807) is 18.3 Å². The van der Waals surface area contributed by atoms with Gasteiger partial charge in [0, 0.05) is 16.5 Å². The molecule has 0 saturated heterocycles. The maximum absolute atomic E-state index is 11.6. The number of hydrogen-bond acceptors (Lipinski definition) is 3. The van der Waals surface area contributed by atoms with Crippen molar-refractivity contribution in [3.8, 4) is 0 Å². The molecular formula is C10H6ClN3O2S. The van der Waals surface area contributed by atoms with Crippen LogP contribution in [0.15, 0.2) is 30.5 Å². The first-order valence-electron chi connectivity index (χ1n) is 4.73. The van der Waals surface area contributed by atoms with Gasteiger partial charge < -0.3 is 0 Å². The molecule has 7 heteroatoms. The number of carbonyl (C=O) groups excluding carboxylic acids is 1. The zero-order chi connectivity index (χ0) is 12.0. The van der Waals surface area contributed by atoms with Gasteiger partial charge in [0.1, 0.15) is 0 Å². The number of nitrogens with zero attached hydrogens (tertiary/aromatic N) is 2. The van der Waals surface area contributed by atoms with Crippen LogP contribution >= 0.6 is 11.6 Å². The van der Waals surface area contributed by atoms with Crippen LogP contribution in [0.1, 0.15) is 0 Å². The summed E-state index contributed by atoms with van der Waals surface area (Å²) in [6.45, 7) is 0. The lowest BCUT2D eigenvalue weighted by atomic mass is 10.2. The van der Waals surface area contributed by atoms with Crippen LogP contribution in [0.2, 0.25) is 5.02 Å². The van der Waals surface area contributed by atoms with Gasteiger partial charge in [0.05, 0.1) is 11.7 Å². The number of fused-ring (bicyclic) bond motifs is 1. The third-order valence-electron chi connectivity index (χ3n) is 2.38. The molecule has 1 atom stereocenters. The Morgan fingerprint density at radius 1 is 1.41 bits per heavy atom. The molecule has 1 amide bonds. The first-order valence-corrected chi connectivity index (χ1v) is 6.26. The molecule has 0 saturated carbocycles. The molecule has 1 aliphatic heterocycles. The van der Waals surface area contributed by atoms with Crippen LogP contribution in [0.3, 0.4) is 0 Å². The monoisotopic (exact) mass is 267 g/mol. The van der Waals surface area contributed by atoms with Gasteiger partial charge in [-0.25, -0.2) is 8.89 Å². The molecule has 2 heterocycles. The third kappa shape index (κ3) is 1.65. The Labute approximate surface area is 104 Å². The highest BCUT2D eigenvalue weighted by Crippen LogP contribution is 2.23. The summed E-state index contributed by atoms with van der Waals surface area (Å²) in [6.07, 6.45) is 2.90. The van der Waals surface area contributed by atoms with Crippen molar-refractivity contribution in [1.29, 1.82) is 0 Å². The number of halogens is 1. The Morgan fingerprint density at radius 2 is 2.24 bits per heavy atom. The SMILES string of the molecule is O=C1C=C(n2ncc3ccc(Cl)cc32)S(=O)N1. The Hall–Kier alpha value is -1.66. The smallest absolute Gasteiger partial charge is 0.258 e. The van der Waals surface area contributed by atoms with Crippen molar-refractivity contribution in [3.63, 3.8) is 0 Å². The lowest BCUT2D eigenvalue weighted by Gasteiger charge is -2.02. The number of amides is 1. The van der Waals surface area contributed by atoms with Crippen molar-refractivity contribution in [2.45, 2.75) is 0 Å². The Balaban J connectivity index is 2.25. The molecule has 1 unspecified atom stereocenters. The Bertz CT molecular complexity index is 692. The molecule has 0 aliphatic carbocycles. The molecule has 3 rings (SSSR count). The van der Waals surface area contributed by atoms with E-state index in [0.717, 1.165) is 5.39 Å². The fourth-order valence-corrected chi connectivity index (χ4v) is 2.67. The highest BCUT2D eigenvalue weighted by Gasteiger charge is 2.23. The average molecular weight is 268 g/mol. The molecule has 0 bridgehead atoms. The van der Waals surface area contributed by atoms with Crippen LogP contribution in [0.5, 0.6) is 0 Å². The second-order valence-corrected chi connectivity index (χ2v) is 5.07. The topological polar surface area (TPSA) is 64.0 Å². The van der Waals surface area contributed by atoms with E-state index in [9.17, 15) is 9.00 Å². The minimum Gasteiger partial charge on any atom is -0.269 e. The van der Waals surface area contributed by atoms with Gasteiger partial charge in [-0.2, -0.15) is 5.10 Å². The van der Waals surface area contributed by atoms with Crippen molar-refractivity contribution in [3.05, 3.63) is 35.5 Å². The van der Waals surface area contributed by atoms with Gasteiger partial charge in [-0.1, -0.05) is 11.6 Å². The van der Waals surface area contributed by atoms with Gasteiger partial charge in [0.2, 0.25) is 0 Å². The van der Waals surface area contributed by atoms with Crippen molar-refractivity contribution >= 4 is 44.4 Å². The standard InChI is InChI=1S/C10H6ClN3O2S/c11-7-2-1-6-5-12-14(8(6)3-7)10-4-9(15)13-17(10)16/h1-5H,(H,13,15). The number of rotatable bonds is 1. The number of hydrogen-bond donors (Lipinski definition) is 1. The fraction of sp³-hybridized carbons (Fsp3) is 0. The lowest BCUT2D eigenvalue weighted by Crippen LogP contribution is -2.17. The molecule has 1 aliphatic rings. The van der Waals surface area contributed by atoms with Crippen molar-refractivity contribution in [2.75, 3.05) is 0 Å². The van der Waals surface area contributed by atoms with Crippen molar-refractivity contribution in [1.82, 2.24) is 14.5 Å². The van der Waals surface area contributed by atoms with Crippen LogP contribution in [0.4, 0.5) is 0 Å². The van der Waals surface area contributed by atoms with Gasteiger partial charge in [0.25, 0.3) is 5.91 Å². The number of aromatic nitrogens is 2. The first-order chi connectivity index (χ1) is 8.15. The molecule has 86 valence electrons. The summed E-state index contributed by atoms with van der Waals surface area (Å²) >= 11 is 5.90. The van der Waals surface area contributed by atoms with E-state index in [1.807, 2.05) is 6.07 Å². The summed E-state index contributed by atoms with van der Waals surface area (Å²) in [5.41, 5.74) is 0.716. The van der Waals surface area contributed by atoms with Crippen molar-refractivity contribution < 1.29 is 9.00 Å². The van der Waals surface area contributed by atoms with Crippen LogP contribution in [-0.2, 0) is 15.8 Å². The minimum atomic E-state index is -1.56. The normalized spacial score (nSPS) is 19.5. The van der Waals surface area contributed by atoms with Crippen LogP contribution < -0.4 is 4.72 Å². The van der Waals surface area contributed by atoms with Gasteiger partial charge >= 0.3 is 0 Å². The number of carbonyl (C=O) groups is 1. The summed E-state index contributed by atoms with van der Waals surface area (Å²) in [5.74, 6) is -0.385. The predicted molar refractivity (Wildman–Crippen MR) is 65.3 cm³/mol. The van der Waals surface area contributed by atoms with Gasteiger partial charge in [-0.15, -0.1) is 0 Å². The molecule has 0 radical (unpaired) electrons. The molecule has 1 aromatic heterocycles. The van der Waals surface area contributed by atoms with Gasteiger partial charge in [-0.3, -0.25) is 9.52 Å². The van der Waals surface area contributed by atoms with E-state index in [2.05, 4.69) is 9.82 Å². The van der Waals surface area contributed by atoms with E-state index in [0.29, 0.717) is 15.6 Å². The maximum atomic E-state index is 11.6. The van der Waals surface area contributed by atoms with E-state index in [1.165, 1.54) is 10.8 Å². The number of nitrogens with one attached hydrogen (secondary N) is 1. The maximum Gasteiger partial charge on any atom is 0.258 e. The predicted octanol–water partition coefficient (Wildman–Crippen LogP) is 1.28. The van der Waals surface area contributed by atoms with E-state index >= 15 is 0 Å². The summed E-state index contributed by atoms with van der Waals surface area (Å²) < 4.78 is 15.4. The molecule has 1 aromatic carbocycles. The van der Waals surface area contributed by atoms with Crippen molar-refractivity contribution in [2.24, 2.45) is 0 Å². The first kappa shape index (κ1) is 10.5. The van der Waals surface area contributed by atoms with E-state index < -0.39 is 11.0 Å². The fourth-order valence-electron chi connectivity index (χ4n) is 1.65. The summed E-state index contributed by atoms with van der Waals surface area (Å²) in [7, 11) is -1.56. The Morgan fingerprint density at radius 3 is 2.94 bits per heavy atom. The molecule has 5 nitrogen and oxygen atoms in total. The lowest BCUT2D eigenvalue weighted by molar-refractivity contribution is -0.114. The zero-order valence-corrected chi connectivity index (χ0v) is 9.96. The summed E-state index contributed by atoms with van der Waals surface area (Å²) in [6, 6.07) is 5.28. The molecule has 0 spiro atoms. The van der Waals surface area contributed by atoms with E-state index in [-0.39, 0.29) is 5.91 Å². The molecule has 17 heavy (non-hydrogen) atoms. The number of benzene rings is 1. The van der Waals surface area contributed by atoms with Crippen LogP contribution in [-0.4, -0.2) is 19.9 Å². The van der Waals surface area contributed by atoms with Gasteiger partial charge in [-0.05, 0) is 18.2 Å². The average Bonchev–Trinajstić information content (AvgIpc) is 2.81. The minimum absolute atomic E-state index is 0.312. The quantitative estimate of drug-likeness (QED) is 0.847. The summed E-state index contributed by atoms with van der Waals surface area (Å²) in [5, 5.41) is 5.85. The van der Waals surface area contributed by atoms with E-state index in [4.69, 9.17) is 11.6 Å². The largest absolute Gasteiger partial charge is 0.269 e. The zero-order valence-electron chi connectivity index (χ0n) is 8.38. The van der Waals surface area contributed by atoms with Gasteiger partial charge in [0.15, 0.2) is 16.0 Å². The van der Waals surface area contributed by atoms with Crippen LogP contribution in [0.25, 0.3) is 15.9 Å².